The molecular formula is C17H12N4S. The lowest BCUT2D eigenvalue weighted by Gasteiger charge is -2.04. The zero-order valence-electron chi connectivity index (χ0n) is 11.6. The highest BCUT2D eigenvalue weighted by Gasteiger charge is 2.08. The Bertz CT molecular complexity index is 904. The monoisotopic (exact) mass is 304 g/mol. The molecule has 1 N–H and O–H groups in total. The Balaban J connectivity index is 1.69. The van der Waals surface area contributed by atoms with Crippen LogP contribution in [0.1, 0.15) is 0 Å². The Morgan fingerprint density at radius 3 is 2.64 bits per heavy atom. The third-order valence-corrected chi connectivity index (χ3v) is 4.26. The van der Waals surface area contributed by atoms with E-state index in [1.807, 2.05) is 54.9 Å². The van der Waals surface area contributed by atoms with Gasteiger partial charge in [0.1, 0.15) is 5.01 Å². The van der Waals surface area contributed by atoms with E-state index in [4.69, 9.17) is 0 Å². The summed E-state index contributed by atoms with van der Waals surface area (Å²) in [4.78, 5) is 13.1. The predicted octanol–water partition coefficient (Wildman–Crippen LogP) is 4.50. The van der Waals surface area contributed by atoms with Crippen molar-refractivity contribution in [2.75, 3.05) is 5.32 Å². The Morgan fingerprint density at radius 2 is 1.82 bits per heavy atom. The number of thiazole rings is 1. The molecule has 0 unspecified atom stereocenters. The second kappa shape index (κ2) is 5.54. The third kappa shape index (κ3) is 2.54. The largest absolute Gasteiger partial charge is 0.354 e. The molecule has 0 atom stereocenters. The van der Waals surface area contributed by atoms with Crippen molar-refractivity contribution in [3.05, 3.63) is 67.1 Å². The molecule has 1 aromatic carbocycles. The fraction of sp³-hybridized carbons (Fsp3) is 0. The van der Waals surface area contributed by atoms with Crippen LogP contribution in [0.3, 0.4) is 0 Å². The van der Waals surface area contributed by atoms with Gasteiger partial charge in [-0.1, -0.05) is 18.2 Å². The molecule has 0 aliphatic heterocycles. The van der Waals surface area contributed by atoms with Crippen molar-refractivity contribution in [3.63, 3.8) is 0 Å². The van der Waals surface area contributed by atoms with E-state index in [1.165, 1.54) is 0 Å². The molecule has 0 spiro atoms. The molecule has 0 saturated carbocycles. The van der Waals surface area contributed by atoms with Crippen molar-refractivity contribution in [2.45, 2.75) is 0 Å². The highest BCUT2D eigenvalue weighted by molar-refractivity contribution is 7.21. The van der Waals surface area contributed by atoms with Gasteiger partial charge in [0.2, 0.25) is 0 Å². The molecule has 4 aromatic rings. The van der Waals surface area contributed by atoms with Gasteiger partial charge in [-0.2, -0.15) is 0 Å². The number of benzene rings is 1. The molecule has 0 aliphatic rings. The molecule has 106 valence electrons. The van der Waals surface area contributed by atoms with E-state index >= 15 is 0 Å². The maximum atomic E-state index is 4.57. The van der Waals surface area contributed by atoms with E-state index in [0.29, 0.717) is 0 Å². The first-order valence-corrected chi connectivity index (χ1v) is 7.69. The lowest BCUT2D eigenvalue weighted by Crippen LogP contribution is -1.90. The summed E-state index contributed by atoms with van der Waals surface area (Å²) in [6.45, 7) is 0. The Kier molecular flexibility index (Phi) is 3.25. The summed E-state index contributed by atoms with van der Waals surface area (Å²) in [6.07, 6.45) is 5.39. The molecule has 0 saturated heterocycles. The van der Waals surface area contributed by atoms with Crippen LogP contribution in [0.2, 0.25) is 0 Å². The van der Waals surface area contributed by atoms with Gasteiger partial charge in [0, 0.05) is 23.6 Å². The number of aromatic nitrogens is 3. The fourth-order valence-corrected chi connectivity index (χ4v) is 3.14. The van der Waals surface area contributed by atoms with Gasteiger partial charge in [-0.05, 0) is 30.3 Å². The second-order valence-corrected chi connectivity index (χ2v) is 5.83. The van der Waals surface area contributed by atoms with Crippen molar-refractivity contribution < 1.29 is 0 Å². The quantitative estimate of drug-likeness (QED) is 0.605. The lowest BCUT2D eigenvalue weighted by atomic mass is 10.3. The number of nitrogens with zero attached hydrogens (tertiary/aromatic N) is 3. The minimum atomic E-state index is 0.766. The third-order valence-electron chi connectivity index (χ3n) is 3.22. The summed E-state index contributed by atoms with van der Waals surface area (Å²) in [7, 11) is 0. The van der Waals surface area contributed by atoms with Crippen LogP contribution in [-0.2, 0) is 0 Å². The van der Waals surface area contributed by atoms with Crippen molar-refractivity contribution in [1.82, 2.24) is 15.0 Å². The van der Waals surface area contributed by atoms with Gasteiger partial charge < -0.3 is 5.32 Å². The van der Waals surface area contributed by atoms with E-state index in [-0.39, 0.29) is 0 Å². The molecule has 0 radical (unpaired) electrons. The van der Waals surface area contributed by atoms with E-state index in [9.17, 15) is 0 Å². The van der Waals surface area contributed by atoms with Gasteiger partial charge >= 0.3 is 0 Å². The molecule has 3 heterocycles. The molecule has 22 heavy (non-hydrogen) atoms. The zero-order valence-corrected chi connectivity index (χ0v) is 12.4. The van der Waals surface area contributed by atoms with E-state index in [0.717, 1.165) is 32.3 Å². The molecule has 0 aliphatic carbocycles. The van der Waals surface area contributed by atoms with Crippen molar-refractivity contribution >= 4 is 33.1 Å². The van der Waals surface area contributed by atoms with Crippen LogP contribution >= 0.6 is 11.3 Å². The van der Waals surface area contributed by atoms with Crippen LogP contribution in [0, 0.1) is 0 Å². The highest BCUT2D eigenvalue weighted by Crippen LogP contribution is 2.30. The summed E-state index contributed by atoms with van der Waals surface area (Å²) in [5, 5.41) is 4.29. The standard InChI is InChI=1S/C17H12N4S/c1-2-6-13(7-3-1)20-14-9-15-16(19-11-14)21-17(22-15)12-5-4-8-18-10-12/h1-11,20H. The number of pyridine rings is 2. The fourth-order valence-electron chi connectivity index (χ4n) is 2.19. The van der Waals surface area contributed by atoms with Crippen LogP contribution in [0.4, 0.5) is 11.4 Å². The van der Waals surface area contributed by atoms with E-state index in [1.54, 1.807) is 17.5 Å². The first-order valence-electron chi connectivity index (χ1n) is 6.87. The van der Waals surface area contributed by atoms with Gasteiger partial charge in [0.15, 0.2) is 5.65 Å². The van der Waals surface area contributed by atoms with Crippen LogP contribution in [-0.4, -0.2) is 15.0 Å². The van der Waals surface area contributed by atoms with Crippen molar-refractivity contribution in [2.24, 2.45) is 0 Å². The van der Waals surface area contributed by atoms with Gasteiger partial charge in [-0.3, -0.25) is 4.98 Å². The van der Waals surface area contributed by atoms with Crippen molar-refractivity contribution in [1.29, 1.82) is 0 Å². The number of nitrogens with one attached hydrogen (secondary N) is 1. The Morgan fingerprint density at radius 1 is 0.909 bits per heavy atom. The normalized spacial score (nSPS) is 10.7. The maximum Gasteiger partial charge on any atom is 0.171 e. The Hall–Kier alpha value is -2.79. The van der Waals surface area contributed by atoms with Crippen molar-refractivity contribution in [3.8, 4) is 10.6 Å². The molecular weight excluding hydrogens is 292 g/mol. The average molecular weight is 304 g/mol. The van der Waals surface area contributed by atoms with Crippen LogP contribution < -0.4 is 5.32 Å². The number of para-hydroxylation sites is 1. The van der Waals surface area contributed by atoms with E-state index in [2.05, 4.69) is 26.3 Å². The smallest absolute Gasteiger partial charge is 0.171 e. The summed E-state index contributed by atoms with van der Waals surface area (Å²) in [5.41, 5.74) is 3.78. The van der Waals surface area contributed by atoms with Gasteiger partial charge in [-0.25, -0.2) is 9.97 Å². The molecule has 0 amide bonds. The summed E-state index contributed by atoms with van der Waals surface area (Å²) in [6, 6.07) is 16.0. The molecule has 3 aromatic heterocycles. The zero-order chi connectivity index (χ0) is 14.8. The molecule has 4 rings (SSSR count). The second-order valence-electron chi connectivity index (χ2n) is 4.80. The number of hydrogen-bond acceptors (Lipinski definition) is 5. The summed E-state index contributed by atoms with van der Waals surface area (Å²) < 4.78 is 1.06. The number of fused-ring (bicyclic) bond motifs is 1. The SMILES string of the molecule is c1ccc(Nc2cnc3nc(-c4cccnc4)sc3c2)cc1. The molecule has 0 fully saturated rings. The number of rotatable bonds is 3. The topological polar surface area (TPSA) is 50.7 Å². The minimum absolute atomic E-state index is 0.766. The molecule has 5 heteroatoms. The first-order chi connectivity index (χ1) is 10.9. The molecule has 4 nitrogen and oxygen atoms in total. The van der Waals surface area contributed by atoms with Crippen LogP contribution in [0.15, 0.2) is 67.1 Å². The summed E-state index contributed by atoms with van der Waals surface area (Å²) >= 11 is 1.62. The average Bonchev–Trinajstić information content (AvgIpc) is 3.00. The number of anilines is 2. The van der Waals surface area contributed by atoms with Crippen LogP contribution in [0.25, 0.3) is 20.9 Å². The highest BCUT2D eigenvalue weighted by atomic mass is 32.1. The number of hydrogen-bond donors (Lipinski definition) is 1. The predicted molar refractivity (Wildman–Crippen MR) is 90.4 cm³/mol. The van der Waals surface area contributed by atoms with Gasteiger partial charge in [0.25, 0.3) is 0 Å². The first kappa shape index (κ1) is 12.9. The maximum absolute atomic E-state index is 4.57. The van der Waals surface area contributed by atoms with Gasteiger partial charge in [0.05, 0.1) is 16.6 Å². The summed E-state index contributed by atoms with van der Waals surface area (Å²) in [5.74, 6) is 0. The van der Waals surface area contributed by atoms with E-state index < -0.39 is 0 Å². The minimum Gasteiger partial charge on any atom is -0.354 e. The van der Waals surface area contributed by atoms with Gasteiger partial charge in [-0.15, -0.1) is 11.3 Å². The molecule has 0 bridgehead atoms. The Labute approximate surface area is 131 Å². The lowest BCUT2D eigenvalue weighted by molar-refractivity contribution is 1.30. The van der Waals surface area contributed by atoms with Crippen LogP contribution in [0.5, 0.6) is 0 Å².